The maximum absolute atomic E-state index is 11.8. The van der Waals surface area contributed by atoms with Crippen LogP contribution >= 0.6 is 0 Å². The largest absolute Gasteiger partial charge is 0.480 e. The Kier molecular flexibility index (Phi) is 3.37. The van der Waals surface area contributed by atoms with E-state index < -0.39 is 17.9 Å². The molecule has 0 aliphatic heterocycles. The highest BCUT2D eigenvalue weighted by atomic mass is 16.4. The number of aryl methyl sites for hydroxylation is 2. The Hall–Kier alpha value is -1.78. The molecule has 5 nitrogen and oxygen atoms in total. The van der Waals surface area contributed by atoms with Crippen molar-refractivity contribution in [2.45, 2.75) is 33.7 Å². The van der Waals surface area contributed by atoms with Crippen molar-refractivity contribution in [2.24, 2.45) is 0 Å². The van der Waals surface area contributed by atoms with Gasteiger partial charge in [-0.15, -0.1) is 0 Å². The molecular weight excluding hydrogens is 210 g/mol. The number of aliphatic carboxylic acids is 1. The molecule has 1 heterocycles. The van der Waals surface area contributed by atoms with Crippen molar-refractivity contribution in [2.75, 3.05) is 0 Å². The van der Waals surface area contributed by atoms with Crippen LogP contribution in [0.5, 0.6) is 0 Å². The fourth-order valence-corrected chi connectivity index (χ4v) is 1.46. The summed E-state index contributed by atoms with van der Waals surface area (Å²) in [6.07, 6.45) is 0. The number of hydrogen-bond donors (Lipinski definition) is 2. The first-order valence-electron chi connectivity index (χ1n) is 4.94. The fourth-order valence-electron chi connectivity index (χ4n) is 1.46. The zero-order chi connectivity index (χ0) is 12.5. The van der Waals surface area contributed by atoms with Gasteiger partial charge in [0.05, 0.1) is 5.56 Å². The molecule has 0 saturated heterocycles. The van der Waals surface area contributed by atoms with E-state index in [-0.39, 0.29) is 0 Å². The van der Waals surface area contributed by atoms with Crippen molar-refractivity contribution in [3.63, 3.8) is 0 Å². The molecule has 1 rings (SSSR count). The maximum atomic E-state index is 11.8. The van der Waals surface area contributed by atoms with Crippen LogP contribution in [0.1, 0.15) is 34.4 Å². The van der Waals surface area contributed by atoms with Crippen LogP contribution in [0.2, 0.25) is 0 Å². The smallest absolute Gasteiger partial charge is 0.325 e. The van der Waals surface area contributed by atoms with E-state index in [0.717, 1.165) is 5.56 Å². The zero-order valence-corrected chi connectivity index (χ0v) is 9.75. The SMILES string of the molecule is Cc1oc(C)c(C(=O)N[C@H](C)C(=O)O)c1C. The molecule has 1 amide bonds. The highest BCUT2D eigenvalue weighted by Gasteiger charge is 2.21. The van der Waals surface area contributed by atoms with E-state index in [2.05, 4.69) is 5.32 Å². The number of carboxylic acids is 1. The Balaban J connectivity index is 2.93. The third-order valence-corrected chi connectivity index (χ3v) is 2.51. The van der Waals surface area contributed by atoms with Gasteiger partial charge in [-0.05, 0) is 27.7 Å². The number of hydrogen-bond acceptors (Lipinski definition) is 3. The van der Waals surface area contributed by atoms with Crippen LogP contribution in [0, 0.1) is 20.8 Å². The molecule has 2 N–H and O–H groups in total. The predicted octanol–water partition coefficient (Wildman–Crippen LogP) is 1.41. The van der Waals surface area contributed by atoms with E-state index in [4.69, 9.17) is 9.52 Å². The summed E-state index contributed by atoms with van der Waals surface area (Å²) >= 11 is 0. The summed E-state index contributed by atoms with van der Waals surface area (Å²) in [6, 6.07) is -0.915. The van der Waals surface area contributed by atoms with Crippen LogP contribution in [-0.4, -0.2) is 23.0 Å². The van der Waals surface area contributed by atoms with E-state index >= 15 is 0 Å². The Labute approximate surface area is 93.4 Å². The molecule has 0 radical (unpaired) electrons. The van der Waals surface area contributed by atoms with Crippen LogP contribution in [0.25, 0.3) is 0 Å². The number of carbonyl (C=O) groups excluding carboxylic acids is 1. The van der Waals surface area contributed by atoms with Gasteiger partial charge in [0, 0.05) is 5.56 Å². The summed E-state index contributed by atoms with van der Waals surface area (Å²) in [7, 11) is 0. The Bertz CT molecular complexity index is 433. The number of nitrogens with one attached hydrogen (secondary N) is 1. The van der Waals surface area contributed by atoms with Crippen LogP contribution in [-0.2, 0) is 4.79 Å². The molecule has 0 saturated carbocycles. The maximum Gasteiger partial charge on any atom is 0.325 e. The zero-order valence-electron chi connectivity index (χ0n) is 9.75. The van der Waals surface area contributed by atoms with E-state index in [1.165, 1.54) is 6.92 Å². The van der Waals surface area contributed by atoms with Gasteiger partial charge >= 0.3 is 5.97 Å². The summed E-state index contributed by atoms with van der Waals surface area (Å²) in [6.45, 7) is 6.63. The molecule has 0 fully saturated rings. The van der Waals surface area contributed by atoms with Gasteiger partial charge in [0.2, 0.25) is 0 Å². The predicted molar refractivity (Wildman–Crippen MR) is 57.5 cm³/mol. The molecule has 0 aliphatic rings. The number of rotatable bonds is 3. The Morgan fingerprint density at radius 3 is 2.19 bits per heavy atom. The molecule has 1 atom stereocenters. The van der Waals surface area contributed by atoms with Crippen molar-refractivity contribution < 1.29 is 19.1 Å². The first-order chi connectivity index (χ1) is 7.34. The van der Waals surface area contributed by atoms with Crippen molar-refractivity contribution in [3.05, 3.63) is 22.6 Å². The minimum atomic E-state index is -1.07. The quantitative estimate of drug-likeness (QED) is 0.815. The minimum absolute atomic E-state index is 0.415. The molecule has 0 aromatic carbocycles. The van der Waals surface area contributed by atoms with Gasteiger partial charge in [0.25, 0.3) is 5.91 Å². The average molecular weight is 225 g/mol. The molecule has 5 heteroatoms. The van der Waals surface area contributed by atoms with Crippen molar-refractivity contribution in [1.82, 2.24) is 5.32 Å². The second-order valence-corrected chi connectivity index (χ2v) is 3.75. The molecule has 1 aromatic rings. The van der Waals surface area contributed by atoms with Gasteiger partial charge < -0.3 is 14.8 Å². The van der Waals surface area contributed by atoms with Gasteiger partial charge in [-0.25, -0.2) is 0 Å². The van der Waals surface area contributed by atoms with Gasteiger partial charge in [-0.1, -0.05) is 0 Å². The lowest BCUT2D eigenvalue weighted by Crippen LogP contribution is -2.38. The van der Waals surface area contributed by atoms with Gasteiger partial charge in [0.1, 0.15) is 17.6 Å². The lowest BCUT2D eigenvalue weighted by molar-refractivity contribution is -0.138. The van der Waals surface area contributed by atoms with Crippen molar-refractivity contribution >= 4 is 11.9 Å². The van der Waals surface area contributed by atoms with Crippen molar-refractivity contribution in [3.8, 4) is 0 Å². The van der Waals surface area contributed by atoms with E-state index in [9.17, 15) is 9.59 Å². The van der Waals surface area contributed by atoms with Gasteiger partial charge in [0.15, 0.2) is 0 Å². The Morgan fingerprint density at radius 1 is 1.25 bits per heavy atom. The monoisotopic (exact) mass is 225 g/mol. The summed E-state index contributed by atoms with van der Waals surface area (Å²) < 4.78 is 5.30. The molecule has 0 aliphatic carbocycles. The molecule has 0 bridgehead atoms. The lowest BCUT2D eigenvalue weighted by atomic mass is 10.1. The molecule has 16 heavy (non-hydrogen) atoms. The Morgan fingerprint density at radius 2 is 1.81 bits per heavy atom. The van der Waals surface area contributed by atoms with Crippen LogP contribution in [0.4, 0.5) is 0 Å². The van der Waals surface area contributed by atoms with Crippen LogP contribution in [0.3, 0.4) is 0 Å². The standard InChI is InChI=1S/C11H15NO4/c1-5-7(3)16-8(4)9(5)10(13)12-6(2)11(14)15/h6H,1-4H3,(H,12,13)(H,14,15)/t6-/m1/s1. The first-order valence-corrected chi connectivity index (χ1v) is 4.94. The summed E-state index contributed by atoms with van der Waals surface area (Å²) in [5.41, 5.74) is 1.16. The normalized spacial score (nSPS) is 12.2. The molecule has 0 spiro atoms. The summed E-state index contributed by atoms with van der Waals surface area (Å²) in [4.78, 5) is 22.4. The second-order valence-electron chi connectivity index (χ2n) is 3.75. The lowest BCUT2D eigenvalue weighted by Gasteiger charge is -2.08. The molecule has 1 aromatic heterocycles. The van der Waals surface area contributed by atoms with Crippen LogP contribution in [0.15, 0.2) is 4.42 Å². The summed E-state index contributed by atoms with van der Waals surface area (Å²) in [5.74, 6) is -0.304. The third kappa shape index (κ3) is 2.24. The molecule has 88 valence electrons. The topological polar surface area (TPSA) is 79.5 Å². The average Bonchev–Trinajstić information content (AvgIpc) is 2.40. The van der Waals surface area contributed by atoms with E-state index in [1.807, 2.05) is 0 Å². The highest BCUT2D eigenvalue weighted by Crippen LogP contribution is 2.20. The number of carboxylic acid groups (broad SMARTS) is 1. The fraction of sp³-hybridized carbons (Fsp3) is 0.455. The van der Waals surface area contributed by atoms with Gasteiger partial charge in [-0.3, -0.25) is 9.59 Å². The number of furan rings is 1. The number of amides is 1. The highest BCUT2D eigenvalue weighted by molar-refractivity contribution is 5.98. The third-order valence-electron chi connectivity index (χ3n) is 2.51. The van der Waals surface area contributed by atoms with Crippen LogP contribution < -0.4 is 5.32 Å². The first kappa shape index (κ1) is 12.3. The second kappa shape index (κ2) is 4.38. The summed E-state index contributed by atoms with van der Waals surface area (Å²) in [5, 5.41) is 11.1. The van der Waals surface area contributed by atoms with Gasteiger partial charge in [-0.2, -0.15) is 0 Å². The minimum Gasteiger partial charge on any atom is -0.480 e. The van der Waals surface area contributed by atoms with E-state index in [1.54, 1.807) is 20.8 Å². The molecule has 0 unspecified atom stereocenters. The molecular formula is C11H15NO4. The number of carbonyl (C=O) groups is 2. The van der Waals surface area contributed by atoms with E-state index in [0.29, 0.717) is 17.1 Å². The van der Waals surface area contributed by atoms with Crippen molar-refractivity contribution in [1.29, 1.82) is 0 Å².